The predicted molar refractivity (Wildman–Crippen MR) is 58.1 cm³/mol. The zero-order valence-electron chi connectivity index (χ0n) is 7.51. The molecule has 0 aromatic heterocycles. The molecule has 0 aliphatic heterocycles. The van der Waals surface area contributed by atoms with Crippen molar-refractivity contribution >= 4 is 22.9 Å². The van der Waals surface area contributed by atoms with Crippen molar-refractivity contribution in [3.05, 3.63) is 35.9 Å². The van der Waals surface area contributed by atoms with E-state index in [1.54, 1.807) is 0 Å². The van der Waals surface area contributed by atoms with Gasteiger partial charge in [-0.1, -0.05) is 30.3 Å². The largest absolute Gasteiger partial charge is 0.330 e. The average Bonchev–Trinajstić information content (AvgIpc) is 2.06. The van der Waals surface area contributed by atoms with E-state index in [9.17, 15) is 0 Å². The van der Waals surface area contributed by atoms with E-state index in [1.807, 2.05) is 18.2 Å². The molecule has 1 aromatic rings. The number of halogens is 1. The highest BCUT2D eigenvalue weighted by Gasteiger charge is 1.84. The molecule has 6 heteroatoms. The Balaban J connectivity index is 0. The number of rotatable bonds is 2. The van der Waals surface area contributed by atoms with Crippen LogP contribution in [0.15, 0.2) is 30.3 Å². The molecule has 3 N–H and O–H groups in total. The molecule has 1 rings (SSSR count). The maximum Gasteiger partial charge on any atom is 0.308 e. The van der Waals surface area contributed by atoms with Gasteiger partial charge in [-0.2, -0.15) is 13.2 Å². The summed E-state index contributed by atoms with van der Waals surface area (Å²) >= 11 is 0. The lowest BCUT2D eigenvalue weighted by Crippen LogP contribution is -2.01. The highest BCUT2D eigenvalue weighted by molar-refractivity contribution is 7.60. The smallest absolute Gasteiger partial charge is 0.308 e. The van der Waals surface area contributed by atoms with Crippen molar-refractivity contribution in [2.24, 2.45) is 5.73 Å². The van der Waals surface area contributed by atoms with E-state index in [4.69, 9.17) is 18.9 Å². The molecule has 0 spiro atoms. The monoisotopic (exact) mass is 236 g/mol. The summed E-state index contributed by atoms with van der Waals surface area (Å²) in [6, 6.07) is 10.3. The molecular formula is C8H13ClN2O2S. The van der Waals surface area contributed by atoms with Crippen LogP contribution in [-0.2, 0) is 16.9 Å². The molecule has 0 unspecified atom stereocenters. The molecule has 0 amide bonds. The lowest BCUT2D eigenvalue weighted by molar-refractivity contribution is 0.620. The molecule has 0 aliphatic carbocycles. The van der Waals surface area contributed by atoms with Crippen molar-refractivity contribution in [3.63, 3.8) is 0 Å². The molecule has 0 heterocycles. The van der Waals surface area contributed by atoms with Gasteiger partial charge in [-0.15, -0.1) is 12.4 Å². The van der Waals surface area contributed by atoms with E-state index in [0.29, 0.717) is 0 Å². The Bertz CT molecular complexity index is 318. The standard InChI is InChI=1S/C8H11N.ClH.HNO2S/c9-7-6-8-4-2-1-3-5-8;;1-4(2)3/h1-5H,6-7,9H2;1H;1H. The van der Waals surface area contributed by atoms with Crippen molar-refractivity contribution < 1.29 is 8.42 Å². The maximum atomic E-state index is 8.67. The second-order valence-corrected chi connectivity index (χ2v) is 2.73. The number of nitrogens with one attached hydrogen (secondary N) is 1. The highest BCUT2D eigenvalue weighted by Crippen LogP contribution is 1.96. The lowest BCUT2D eigenvalue weighted by atomic mass is 10.2. The molecule has 0 fully saturated rings. The summed E-state index contributed by atoms with van der Waals surface area (Å²) in [6.45, 7) is 0.740. The topological polar surface area (TPSA) is 84.0 Å². The minimum atomic E-state index is -2.61. The molecule has 0 saturated heterocycles. The van der Waals surface area contributed by atoms with Gasteiger partial charge in [0.25, 0.3) is 0 Å². The summed E-state index contributed by atoms with van der Waals surface area (Å²) in [4.78, 5) is 0. The third-order valence-electron chi connectivity index (χ3n) is 1.28. The number of hydrogen-bond acceptors (Lipinski definition) is 4. The van der Waals surface area contributed by atoms with Crippen molar-refractivity contribution in [1.82, 2.24) is 0 Å². The van der Waals surface area contributed by atoms with Crippen LogP contribution in [0.4, 0.5) is 0 Å². The molecule has 14 heavy (non-hydrogen) atoms. The van der Waals surface area contributed by atoms with Crippen LogP contribution in [0.2, 0.25) is 0 Å². The zero-order chi connectivity index (χ0) is 10.1. The SMILES string of the molecule is Cl.N=S(=O)=O.NCCc1ccccc1. The number of nitrogens with two attached hydrogens (primary N) is 1. The zero-order valence-corrected chi connectivity index (χ0v) is 9.14. The third-order valence-corrected chi connectivity index (χ3v) is 1.28. The second-order valence-electron chi connectivity index (χ2n) is 2.26. The van der Waals surface area contributed by atoms with Crippen molar-refractivity contribution in [2.45, 2.75) is 6.42 Å². The molecule has 0 atom stereocenters. The van der Waals surface area contributed by atoms with Gasteiger partial charge < -0.3 is 5.73 Å². The Hall–Kier alpha value is -0.910. The van der Waals surface area contributed by atoms with E-state index in [2.05, 4.69) is 12.1 Å². The van der Waals surface area contributed by atoms with E-state index in [-0.39, 0.29) is 12.4 Å². The van der Waals surface area contributed by atoms with Crippen molar-refractivity contribution in [2.75, 3.05) is 6.54 Å². The van der Waals surface area contributed by atoms with Gasteiger partial charge in [-0.3, -0.25) is 0 Å². The normalized spacial score (nSPS) is 7.79. The van der Waals surface area contributed by atoms with Gasteiger partial charge in [0.1, 0.15) is 0 Å². The van der Waals surface area contributed by atoms with Gasteiger partial charge in [0.15, 0.2) is 0 Å². The van der Waals surface area contributed by atoms with Crippen LogP contribution in [-0.4, -0.2) is 15.0 Å². The van der Waals surface area contributed by atoms with Gasteiger partial charge in [0, 0.05) is 0 Å². The van der Waals surface area contributed by atoms with Gasteiger partial charge >= 0.3 is 10.5 Å². The van der Waals surface area contributed by atoms with Crippen LogP contribution >= 0.6 is 12.4 Å². The predicted octanol–water partition coefficient (Wildman–Crippen LogP) is 1.24. The summed E-state index contributed by atoms with van der Waals surface area (Å²) in [5.74, 6) is 0. The van der Waals surface area contributed by atoms with Crippen LogP contribution in [0.5, 0.6) is 0 Å². The van der Waals surface area contributed by atoms with Crippen molar-refractivity contribution in [3.8, 4) is 0 Å². The molecule has 0 bridgehead atoms. The van der Waals surface area contributed by atoms with E-state index >= 15 is 0 Å². The summed E-state index contributed by atoms with van der Waals surface area (Å²) in [5.41, 5.74) is 6.68. The molecular weight excluding hydrogens is 224 g/mol. The van der Waals surface area contributed by atoms with Gasteiger partial charge in [-0.05, 0) is 18.5 Å². The van der Waals surface area contributed by atoms with Crippen LogP contribution in [0.1, 0.15) is 5.56 Å². The van der Waals surface area contributed by atoms with E-state index in [0.717, 1.165) is 13.0 Å². The second kappa shape index (κ2) is 10.2. The first-order chi connectivity index (χ1) is 6.16. The third kappa shape index (κ3) is 11.1. The lowest BCUT2D eigenvalue weighted by Gasteiger charge is -1.93. The van der Waals surface area contributed by atoms with Crippen LogP contribution < -0.4 is 5.73 Å². The van der Waals surface area contributed by atoms with Gasteiger partial charge in [-0.25, -0.2) is 0 Å². The number of benzene rings is 1. The first-order valence-corrected chi connectivity index (χ1v) is 4.78. The summed E-state index contributed by atoms with van der Waals surface area (Å²) in [6.07, 6.45) is 0.987. The first kappa shape index (κ1) is 15.6. The first-order valence-electron chi connectivity index (χ1n) is 3.71. The molecule has 0 radical (unpaired) electrons. The molecule has 4 nitrogen and oxygen atoms in total. The summed E-state index contributed by atoms with van der Waals surface area (Å²) in [5, 5.41) is 0. The fourth-order valence-electron chi connectivity index (χ4n) is 0.811. The maximum absolute atomic E-state index is 8.67. The summed E-state index contributed by atoms with van der Waals surface area (Å²) < 4.78 is 22.8. The number of hydrogen-bond donors (Lipinski definition) is 2. The molecule has 1 aromatic carbocycles. The van der Waals surface area contributed by atoms with E-state index in [1.165, 1.54) is 5.56 Å². The fourth-order valence-corrected chi connectivity index (χ4v) is 0.811. The minimum Gasteiger partial charge on any atom is -0.330 e. The summed E-state index contributed by atoms with van der Waals surface area (Å²) in [7, 11) is -2.61. The van der Waals surface area contributed by atoms with E-state index < -0.39 is 10.5 Å². The minimum absolute atomic E-state index is 0. The Kier molecular flexibility index (Phi) is 11.3. The van der Waals surface area contributed by atoms with Crippen LogP contribution in [0.25, 0.3) is 0 Å². The Morgan fingerprint density at radius 3 is 2.00 bits per heavy atom. The molecule has 0 saturated carbocycles. The average molecular weight is 237 g/mol. The Morgan fingerprint density at radius 2 is 1.64 bits per heavy atom. The van der Waals surface area contributed by atoms with Crippen LogP contribution in [0, 0.1) is 4.78 Å². The molecule has 0 aliphatic rings. The van der Waals surface area contributed by atoms with Crippen molar-refractivity contribution in [1.29, 1.82) is 4.78 Å². The highest BCUT2D eigenvalue weighted by atomic mass is 35.5. The fraction of sp³-hybridized carbons (Fsp3) is 0.250. The van der Waals surface area contributed by atoms with Gasteiger partial charge in [0.05, 0.1) is 0 Å². The van der Waals surface area contributed by atoms with Gasteiger partial charge in [0.2, 0.25) is 0 Å². The Labute approximate surface area is 91.0 Å². The quantitative estimate of drug-likeness (QED) is 0.810. The molecule has 80 valence electrons. The Morgan fingerprint density at radius 1 is 1.21 bits per heavy atom. The van der Waals surface area contributed by atoms with Crippen LogP contribution in [0.3, 0.4) is 0 Å².